The second-order valence-corrected chi connectivity index (χ2v) is 4.83. The van der Waals surface area contributed by atoms with Crippen LogP contribution in [0.2, 0.25) is 0 Å². The Balaban J connectivity index is 3.14. The van der Waals surface area contributed by atoms with Crippen molar-refractivity contribution in [1.29, 1.82) is 5.41 Å². The van der Waals surface area contributed by atoms with Gasteiger partial charge in [-0.15, -0.1) is 0 Å². The van der Waals surface area contributed by atoms with E-state index in [1.165, 1.54) is 0 Å². The van der Waals surface area contributed by atoms with E-state index in [-0.39, 0.29) is 0 Å². The van der Waals surface area contributed by atoms with Gasteiger partial charge in [-0.05, 0) is 36.8 Å². The molecular weight excluding hydrogens is 290 g/mol. The highest BCUT2D eigenvalue weighted by molar-refractivity contribution is 9.11. The Hall–Kier alpha value is -1.61. The molecule has 0 saturated heterocycles. The van der Waals surface area contributed by atoms with Crippen LogP contribution in [-0.2, 0) is 0 Å². The van der Waals surface area contributed by atoms with Gasteiger partial charge in [-0.1, -0.05) is 35.2 Å². The monoisotopic (exact) mass is 305 g/mol. The molecule has 1 N–H and O–H groups in total. The van der Waals surface area contributed by atoms with Crippen LogP contribution in [0.5, 0.6) is 5.75 Å². The van der Waals surface area contributed by atoms with Gasteiger partial charge in [0.1, 0.15) is 5.75 Å². The van der Waals surface area contributed by atoms with Crippen LogP contribution in [0.4, 0.5) is 0 Å². The minimum atomic E-state index is 0.413. The SMILES string of the molecule is C=C/C(=C\C(=C)Br)C(=N)c1ccc(OC)c(C)c1. The predicted octanol–water partition coefficient (Wildman–Crippen LogP) is 4.39. The Morgan fingerprint density at radius 3 is 2.56 bits per heavy atom. The Morgan fingerprint density at radius 2 is 2.11 bits per heavy atom. The zero-order valence-corrected chi connectivity index (χ0v) is 12.2. The van der Waals surface area contributed by atoms with E-state index in [0.29, 0.717) is 10.2 Å². The first-order valence-corrected chi connectivity index (χ1v) is 6.21. The van der Waals surface area contributed by atoms with Gasteiger partial charge in [0.25, 0.3) is 0 Å². The maximum atomic E-state index is 8.16. The van der Waals surface area contributed by atoms with Gasteiger partial charge in [-0.2, -0.15) is 0 Å². The van der Waals surface area contributed by atoms with Crippen molar-refractivity contribution < 1.29 is 4.74 Å². The molecular formula is C15H16BrNO. The smallest absolute Gasteiger partial charge is 0.121 e. The summed E-state index contributed by atoms with van der Waals surface area (Å²) in [6.07, 6.45) is 3.42. The quantitative estimate of drug-likeness (QED) is 0.635. The zero-order chi connectivity index (χ0) is 13.7. The largest absolute Gasteiger partial charge is 0.496 e. The van der Waals surface area contributed by atoms with Crippen molar-refractivity contribution in [3.63, 3.8) is 0 Å². The second-order valence-electron chi connectivity index (χ2n) is 3.81. The number of ether oxygens (including phenoxy) is 1. The van der Waals surface area contributed by atoms with Gasteiger partial charge in [0.05, 0.1) is 12.8 Å². The van der Waals surface area contributed by atoms with Crippen LogP contribution in [0.15, 0.2) is 53.6 Å². The summed E-state index contributed by atoms with van der Waals surface area (Å²) < 4.78 is 5.92. The van der Waals surface area contributed by atoms with Crippen molar-refractivity contribution in [2.45, 2.75) is 6.92 Å². The minimum Gasteiger partial charge on any atom is -0.496 e. The third-order valence-electron chi connectivity index (χ3n) is 2.50. The third-order valence-corrected chi connectivity index (χ3v) is 2.73. The van der Waals surface area contributed by atoms with Crippen LogP contribution in [0, 0.1) is 12.3 Å². The zero-order valence-electron chi connectivity index (χ0n) is 10.6. The minimum absolute atomic E-state index is 0.413. The van der Waals surface area contributed by atoms with E-state index in [9.17, 15) is 0 Å². The number of nitrogens with one attached hydrogen (secondary N) is 1. The van der Waals surface area contributed by atoms with Gasteiger partial charge in [0.15, 0.2) is 0 Å². The second kappa shape index (κ2) is 6.36. The molecule has 0 radical (unpaired) electrons. The summed E-state index contributed by atoms with van der Waals surface area (Å²) in [5.74, 6) is 0.820. The number of halogens is 1. The summed E-state index contributed by atoms with van der Waals surface area (Å²) in [6.45, 7) is 9.42. The molecule has 0 spiro atoms. The lowest BCUT2D eigenvalue weighted by atomic mass is 10.00. The number of rotatable bonds is 5. The molecule has 0 saturated carbocycles. The first-order valence-electron chi connectivity index (χ1n) is 5.42. The Kier molecular flexibility index (Phi) is 5.10. The number of methoxy groups -OCH3 is 1. The third kappa shape index (κ3) is 3.44. The Labute approximate surface area is 116 Å². The molecule has 0 fully saturated rings. The lowest BCUT2D eigenvalue weighted by Crippen LogP contribution is -2.02. The van der Waals surface area contributed by atoms with E-state index in [0.717, 1.165) is 22.4 Å². The summed E-state index contributed by atoms with van der Waals surface area (Å²) in [4.78, 5) is 0. The number of hydrogen-bond donors (Lipinski definition) is 1. The molecule has 0 aliphatic heterocycles. The number of benzene rings is 1. The lowest BCUT2D eigenvalue weighted by molar-refractivity contribution is 0.411. The average Bonchev–Trinajstić information content (AvgIpc) is 2.34. The maximum absolute atomic E-state index is 8.16. The van der Waals surface area contributed by atoms with Crippen molar-refractivity contribution in [3.8, 4) is 5.75 Å². The summed E-state index contributed by atoms with van der Waals surface area (Å²) in [5.41, 5.74) is 2.96. The van der Waals surface area contributed by atoms with Crippen LogP contribution in [0.25, 0.3) is 0 Å². The fourth-order valence-corrected chi connectivity index (χ4v) is 1.85. The van der Waals surface area contributed by atoms with Gasteiger partial charge < -0.3 is 4.74 Å². The van der Waals surface area contributed by atoms with E-state index in [2.05, 4.69) is 29.1 Å². The highest BCUT2D eigenvalue weighted by atomic mass is 79.9. The van der Waals surface area contributed by atoms with Crippen LogP contribution in [-0.4, -0.2) is 12.8 Å². The van der Waals surface area contributed by atoms with Crippen molar-refractivity contribution >= 4 is 21.6 Å². The molecule has 0 amide bonds. The van der Waals surface area contributed by atoms with E-state index in [1.807, 2.05) is 25.1 Å². The first-order chi connectivity index (χ1) is 8.49. The van der Waals surface area contributed by atoms with Crippen LogP contribution < -0.4 is 4.74 Å². The standard InChI is InChI=1S/C15H16BrNO/c1-5-12(9-11(3)16)15(17)13-6-7-14(18-4)10(2)8-13/h5-9,17H,1,3H2,2,4H3/b12-9+,17-15?. The van der Waals surface area contributed by atoms with E-state index in [1.54, 1.807) is 19.3 Å². The van der Waals surface area contributed by atoms with Gasteiger partial charge in [0.2, 0.25) is 0 Å². The molecule has 0 aliphatic rings. The summed E-state index contributed by atoms with van der Waals surface area (Å²) >= 11 is 3.26. The van der Waals surface area contributed by atoms with Crippen molar-refractivity contribution in [2.24, 2.45) is 0 Å². The number of allylic oxidation sites excluding steroid dienone is 4. The van der Waals surface area contributed by atoms with Gasteiger partial charge in [0, 0.05) is 15.6 Å². The highest BCUT2D eigenvalue weighted by Crippen LogP contribution is 2.21. The molecule has 1 aromatic carbocycles. The summed E-state index contributed by atoms with van der Waals surface area (Å²) in [5, 5.41) is 8.16. The van der Waals surface area contributed by atoms with Crippen molar-refractivity contribution in [3.05, 3.63) is 64.7 Å². The fraction of sp³-hybridized carbons (Fsp3) is 0.133. The highest BCUT2D eigenvalue weighted by Gasteiger charge is 2.07. The molecule has 94 valence electrons. The maximum Gasteiger partial charge on any atom is 0.121 e. The Bertz CT molecular complexity index is 529. The van der Waals surface area contributed by atoms with Crippen molar-refractivity contribution in [1.82, 2.24) is 0 Å². The molecule has 2 nitrogen and oxygen atoms in total. The van der Waals surface area contributed by atoms with Gasteiger partial charge in [-0.3, -0.25) is 5.41 Å². The van der Waals surface area contributed by atoms with Crippen LogP contribution >= 0.6 is 15.9 Å². The molecule has 0 bridgehead atoms. The normalized spacial score (nSPS) is 10.9. The van der Waals surface area contributed by atoms with Gasteiger partial charge in [-0.25, -0.2) is 0 Å². The fourth-order valence-electron chi connectivity index (χ4n) is 1.60. The Morgan fingerprint density at radius 1 is 1.44 bits per heavy atom. The van der Waals surface area contributed by atoms with Gasteiger partial charge >= 0.3 is 0 Å². The van der Waals surface area contributed by atoms with E-state index < -0.39 is 0 Å². The number of aryl methyl sites for hydroxylation is 1. The predicted molar refractivity (Wildman–Crippen MR) is 80.9 cm³/mol. The average molecular weight is 306 g/mol. The van der Waals surface area contributed by atoms with E-state index in [4.69, 9.17) is 10.1 Å². The van der Waals surface area contributed by atoms with Crippen molar-refractivity contribution in [2.75, 3.05) is 7.11 Å². The molecule has 0 atom stereocenters. The molecule has 0 aliphatic carbocycles. The summed E-state index contributed by atoms with van der Waals surface area (Å²) in [7, 11) is 1.64. The molecule has 1 aromatic rings. The lowest BCUT2D eigenvalue weighted by Gasteiger charge is -2.09. The molecule has 1 rings (SSSR count). The molecule has 0 heterocycles. The first kappa shape index (κ1) is 14.5. The topological polar surface area (TPSA) is 33.1 Å². The molecule has 0 aromatic heterocycles. The summed E-state index contributed by atoms with van der Waals surface area (Å²) in [6, 6.07) is 5.65. The van der Waals surface area contributed by atoms with Crippen LogP contribution in [0.1, 0.15) is 11.1 Å². The number of hydrogen-bond acceptors (Lipinski definition) is 2. The molecule has 18 heavy (non-hydrogen) atoms. The van der Waals surface area contributed by atoms with E-state index >= 15 is 0 Å². The molecule has 3 heteroatoms. The van der Waals surface area contributed by atoms with Crippen LogP contribution in [0.3, 0.4) is 0 Å². The molecule has 0 unspecified atom stereocenters.